The van der Waals surface area contributed by atoms with E-state index in [1.54, 1.807) is 18.2 Å². The summed E-state index contributed by atoms with van der Waals surface area (Å²) in [6, 6.07) is 11.1. The van der Waals surface area contributed by atoms with Crippen LogP contribution in [0.2, 0.25) is 10.0 Å². The van der Waals surface area contributed by atoms with Crippen LogP contribution in [0, 0.1) is 12.8 Å². The van der Waals surface area contributed by atoms with Gasteiger partial charge in [0.15, 0.2) is 0 Å². The quantitative estimate of drug-likeness (QED) is 0.534. The van der Waals surface area contributed by atoms with Gasteiger partial charge >= 0.3 is 5.97 Å². The predicted molar refractivity (Wildman–Crippen MR) is 133 cm³/mol. The summed E-state index contributed by atoms with van der Waals surface area (Å²) >= 11 is 12.3. The molecule has 4 rings (SSSR count). The normalized spacial score (nSPS) is 19.0. The van der Waals surface area contributed by atoms with E-state index >= 15 is 0 Å². The van der Waals surface area contributed by atoms with Gasteiger partial charge in [-0.1, -0.05) is 41.4 Å². The largest absolute Gasteiger partial charge is 0.490 e. The Kier molecular flexibility index (Phi) is 8.18. The number of carbonyl (C=O) groups is 1. The number of halogens is 2. The molecular formula is C26H32Cl2N2O3. The number of benzene rings is 2. The minimum atomic E-state index is -0.845. The summed E-state index contributed by atoms with van der Waals surface area (Å²) in [5.41, 5.74) is 2.23. The molecule has 178 valence electrons. The van der Waals surface area contributed by atoms with E-state index in [-0.39, 0.29) is 6.10 Å². The molecule has 2 aliphatic heterocycles. The highest BCUT2D eigenvalue weighted by Crippen LogP contribution is 2.33. The summed E-state index contributed by atoms with van der Waals surface area (Å²) in [5, 5.41) is 10.6. The van der Waals surface area contributed by atoms with Crippen LogP contribution in [-0.4, -0.2) is 59.7 Å². The molecule has 2 aliphatic rings. The van der Waals surface area contributed by atoms with Gasteiger partial charge in [0, 0.05) is 31.7 Å². The molecule has 0 amide bonds. The summed E-state index contributed by atoms with van der Waals surface area (Å²) in [5.74, 6) is 0.688. The zero-order chi connectivity index (χ0) is 23.4. The number of hydrogen-bond donors (Lipinski definition) is 1. The summed E-state index contributed by atoms with van der Waals surface area (Å²) in [7, 11) is 0. The van der Waals surface area contributed by atoms with E-state index in [0.717, 1.165) is 75.3 Å². The molecule has 33 heavy (non-hydrogen) atoms. The Labute approximate surface area is 206 Å². The van der Waals surface area contributed by atoms with Crippen LogP contribution in [0.25, 0.3) is 0 Å². The number of ether oxygens (including phenoxy) is 1. The highest BCUT2D eigenvalue weighted by Gasteiger charge is 2.26. The minimum Gasteiger partial charge on any atom is -0.490 e. The Morgan fingerprint density at radius 1 is 1.00 bits per heavy atom. The van der Waals surface area contributed by atoms with Crippen molar-refractivity contribution in [2.45, 2.75) is 45.3 Å². The number of hydrogen-bond acceptors (Lipinski definition) is 4. The number of aromatic carboxylic acids is 1. The van der Waals surface area contributed by atoms with Gasteiger partial charge in [-0.2, -0.15) is 0 Å². The Bertz CT molecular complexity index is 968. The van der Waals surface area contributed by atoms with Crippen LogP contribution in [0.1, 0.15) is 47.2 Å². The second-order valence-electron chi connectivity index (χ2n) is 9.28. The first-order valence-corrected chi connectivity index (χ1v) is 12.5. The fourth-order valence-corrected chi connectivity index (χ4v) is 5.31. The van der Waals surface area contributed by atoms with Gasteiger partial charge < -0.3 is 14.7 Å². The molecule has 0 unspecified atom stereocenters. The molecule has 0 atom stereocenters. The van der Waals surface area contributed by atoms with Crippen LogP contribution in [0.4, 0.5) is 0 Å². The highest BCUT2D eigenvalue weighted by molar-refractivity contribution is 6.42. The number of carboxylic acid groups (broad SMARTS) is 1. The van der Waals surface area contributed by atoms with E-state index < -0.39 is 5.97 Å². The summed E-state index contributed by atoms with van der Waals surface area (Å²) in [6.45, 7) is 7.95. The SMILES string of the molecule is Cc1c(OC2CCN(CC3CCN(Cc4ccccc4C(=O)O)CC3)CC2)ccc(Cl)c1Cl. The summed E-state index contributed by atoms with van der Waals surface area (Å²) in [6.07, 6.45) is 4.57. The maximum atomic E-state index is 11.5. The molecular weight excluding hydrogens is 459 g/mol. The molecule has 0 aromatic heterocycles. The molecule has 0 aliphatic carbocycles. The van der Waals surface area contributed by atoms with E-state index in [0.29, 0.717) is 28.1 Å². The minimum absolute atomic E-state index is 0.216. The van der Waals surface area contributed by atoms with E-state index in [9.17, 15) is 9.90 Å². The van der Waals surface area contributed by atoms with E-state index in [1.807, 2.05) is 25.1 Å². The lowest BCUT2D eigenvalue weighted by Gasteiger charge is -2.38. The van der Waals surface area contributed by atoms with Crippen LogP contribution in [0.3, 0.4) is 0 Å². The fraction of sp³-hybridized carbons (Fsp3) is 0.500. The van der Waals surface area contributed by atoms with Crippen molar-refractivity contribution in [2.24, 2.45) is 5.92 Å². The number of carboxylic acids is 1. The van der Waals surface area contributed by atoms with Gasteiger partial charge in [0.05, 0.1) is 15.6 Å². The van der Waals surface area contributed by atoms with Gasteiger partial charge in [0.2, 0.25) is 0 Å². The van der Waals surface area contributed by atoms with Crippen molar-refractivity contribution in [2.75, 3.05) is 32.7 Å². The average Bonchev–Trinajstić information content (AvgIpc) is 2.82. The molecule has 2 aromatic carbocycles. The number of piperidine rings is 2. The van der Waals surface area contributed by atoms with E-state index in [2.05, 4.69) is 9.80 Å². The molecule has 2 saturated heterocycles. The first-order valence-electron chi connectivity index (χ1n) is 11.8. The van der Waals surface area contributed by atoms with Crippen LogP contribution >= 0.6 is 23.2 Å². The van der Waals surface area contributed by atoms with Gasteiger partial charge in [-0.15, -0.1) is 0 Å². The van der Waals surface area contributed by atoms with Crippen molar-refractivity contribution in [1.29, 1.82) is 0 Å². The highest BCUT2D eigenvalue weighted by atomic mass is 35.5. The van der Waals surface area contributed by atoms with Crippen LogP contribution in [0.5, 0.6) is 5.75 Å². The van der Waals surface area contributed by atoms with Crippen LogP contribution in [0.15, 0.2) is 36.4 Å². The lowest BCUT2D eigenvalue weighted by Crippen LogP contribution is -2.43. The maximum Gasteiger partial charge on any atom is 0.336 e. The number of rotatable bonds is 7. The number of nitrogens with zero attached hydrogens (tertiary/aromatic N) is 2. The first-order chi connectivity index (χ1) is 15.9. The molecule has 2 fully saturated rings. The molecule has 0 bridgehead atoms. The van der Waals surface area contributed by atoms with Crippen molar-refractivity contribution < 1.29 is 14.6 Å². The van der Waals surface area contributed by atoms with Crippen molar-refractivity contribution in [3.8, 4) is 5.75 Å². The van der Waals surface area contributed by atoms with E-state index in [4.69, 9.17) is 27.9 Å². The molecule has 0 radical (unpaired) electrons. The predicted octanol–water partition coefficient (Wildman–Crippen LogP) is 5.76. The Hall–Kier alpha value is -1.79. The second kappa shape index (κ2) is 11.1. The van der Waals surface area contributed by atoms with Crippen molar-refractivity contribution in [1.82, 2.24) is 9.80 Å². The van der Waals surface area contributed by atoms with Crippen molar-refractivity contribution >= 4 is 29.2 Å². The number of likely N-dealkylation sites (tertiary alicyclic amines) is 2. The van der Waals surface area contributed by atoms with Crippen LogP contribution in [-0.2, 0) is 6.54 Å². The summed E-state index contributed by atoms with van der Waals surface area (Å²) in [4.78, 5) is 16.4. The molecule has 0 saturated carbocycles. The molecule has 0 spiro atoms. The average molecular weight is 491 g/mol. The Balaban J connectivity index is 1.20. The smallest absolute Gasteiger partial charge is 0.336 e. The fourth-order valence-electron chi connectivity index (χ4n) is 4.95. The molecule has 2 heterocycles. The third-order valence-electron chi connectivity index (χ3n) is 6.98. The zero-order valence-electron chi connectivity index (χ0n) is 19.1. The van der Waals surface area contributed by atoms with Crippen molar-refractivity contribution in [3.63, 3.8) is 0 Å². The van der Waals surface area contributed by atoms with Gasteiger partial charge in [-0.05, 0) is 75.4 Å². The monoisotopic (exact) mass is 490 g/mol. The summed E-state index contributed by atoms with van der Waals surface area (Å²) < 4.78 is 6.24. The second-order valence-corrected chi connectivity index (χ2v) is 10.1. The van der Waals surface area contributed by atoms with Crippen molar-refractivity contribution in [3.05, 3.63) is 63.1 Å². The topological polar surface area (TPSA) is 53.0 Å². The lowest BCUT2D eigenvalue weighted by atomic mass is 9.94. The lowest BCUT2D eigenvalue weighted by molar-refractivity contribution is 0.0691. The first kappa shape index (κ1) is 24.3. The van der Waals surface area contributed by atoms with Gasteiger partial charge in [-0.3, -0.25) is 4.90 Å². The maximum absolute atomic E-state index is 11.5. The molecule has 1 N–H and O–H groups in total. The molecule has 5 nitrogen and oxygen atoms in total. The van der Waals surface area contributed by atoms with E-state index in [1.165, 1.54) is 0 Å². The molecule has 2 aromatic rings. The van der Waals surface area contributed by atoms with Gasteiger partial charge in [0.1, 0.15) is 11.9 Å². The third kappa shape index (κ3) is 6.21. The van der Waals surface area contributed by atoms with Crippen LogP contribution < -0.4 is 4.74 Å². The Morgan fingerprint density at radius 3 is 2.36 bits per heavy atom. The third-order valence-corrected chi connectivity index (χ3v) is 7.88. The molecule has 7 heteroatoms. The zero-order valence-corrected chi connectivity index (χ0v) is 20.6. The standard InChI is InChI=1S/C26H32Cl2N2O3/c1-18-24(7-6-23(27)25(18)28)33-21-10-14-29(15-11-21)16-19-8-12-30(13-9-19)17-20-4-2-3-5-22(20)26(31)32/h2-7,19,21H,8-17H2,1H3,(H,31,32). The van der Waals surface area contributed by atoms with Gasteiger partial charge in [-0.25, -0.2) is 4.79 Å². The van der Waals surface area contributed by atoms with Gasteiger partial charge in [0.25, 0.3) is 0 Å². The Morgan fingerprint density at radius 2 is 1.67 bits per heavy atom.